The Morgan fingerprint density at radius 1 is 1.38 bits per heavy atom. The average Bonchev–Trinajstić information content (AvgIpc) is 2.92. The molecule has 1 fully saturated rings. The molecule has 2 N–H and O–H groups in total. The molecule has 1 atom stereocenters. The van der Waals surface area contributed by atoms with Gasteiger partial charge in [-0.3, -0.25) is 9.89 Å². The second kappa shape index (κ2) is 10.9. The van der Waals surface area contributed by atoms with E-state index in [1.807, 2.05) is 7.05 Å². The van der Waals surface area contributed by atoms with Gasteiger partial charge in [0.15, 0.2) is 5.96 Å². The number of hydrogen-bond acceptors (Lipinski definition) is 3. The Morgan fingerprint density at radius 3 is 2.86 bits per heavy atom. The van der Waals surface area contributed by atoms with E-state index >= 15 is 0 Å². The molecular weight excluding hydrogens is 264 g/mol. The third-order valence-corrected chi connectivity index (χ3v) is 3.84. The van der Waals surface area contributed by atoms with Crippen molar-refractivity contribution in [3.05, 3.63) is 0 Å². The molecule has 1 heterocycles. The first-order valence-corrected chi connectivity index (χ1v) is 8.43. The smallest absolute Gasteiger partial charge is 0.191 e. The molecule has 0 aliphatic carbocycles. The predicted molar refractivity (Wildman–Crippen MR) is 89.9 cm³/mol. The highest BCUT2D eigenvalue weighted by Gasteiger charge is 2.22. The number of rotatable bonds is 9. The summed E-state index contributed by atoms with van der Waals surface area (Å²) < 4.78 is 5.57. The molecule has 1 rings (SSSR count). The Balaban J connectivity index is 2.09. The van der Waals surface area contributed by atoms with Gasteiger partial charge in [-0.15, -0.1) is 0 Å². The lowest BCUT2D eigenvalue weighted by atomic mass is 10.2. The van der Waals surface area contributed by atoms with Crippen LogP contribution in [0.3, 0.4) is 0 Å². The molecule has 0 aromatic heterocycles. The van der Waals surface area contributed by atoms with Crippen molar-refractivity contribution in [2.45, 2.75) is 46.1 Å². The molecule has 1 unspecified atom stereocenters. The number of hydrogen-bond donors (Lipinski definition) is 2. The number of nitrogens with zero attached hydrogens (tertiary/aromatic N) is 2. The average molecular weight is 298 g/mol. The van der Waals surface area contributed by atoms with E-state index in [-0.39, 0.29) is 0 Å². The van der Waals surface area contributed by atoms with Gasteiger partial charge in [0.2, 0.25) is 0 Å². The molecule has 1 aliphatic heterocycles. The van der Waals surface area contributed by atoms with Crippen LogP contribution in [-0.4, -0.2) is 63.3 Å². The Kier molecular flexibility index (Phi) is 9.42. The third kappa shape index (κ3) is 7.67. The monoisotopic (exact) mass is 298 g/mol. The first-order chi connectivity index (χ1) is 10.2. The van der Waals surface area contributed by atoms with Crippen molar-refractivity contribution >= 4 is 5.96 Å². The van der Waals surface area contributed by atoms with Gasteiger partial charge in [-0.1, -0.05) is 20.8 Å². The lowest BCUT2D eigenvalue weighted by Crippen LogP contribution is -2.45. The lowest BCUT2D eigenvalue weighted by Gasteiger charge is -2.24. The molecule has 0 radical (unpaired) electrons. The maximum atomic E-state index is 5.57. The third-order valence-electron chi connectivity index (χ3n) is 3.84. The van der Waals surface area contributed by atoms with Crippen LogP contribution < -0.4 is 10.6 Å². The molecule has 5 heteroatoms. The van der Waals surface area contributed by atoms with Crippen LogP contribution in [0, 0.1) is 5.92 Å². The summed E-state index contributed by atoms with van der Waals surface area (Å²) in [6.45, 7) is 12.5. The van der Waals surface area contributed by atoms with E-state index in [0.717, 1.165) is 45.2 Å². The maximum absolute atomic E-state index is 5.57. The number of guanidine groups is 1. The largest absolute Gasteiger partial charge is 0.381 e. The summed E-state index contributed by atoms with van der Waals surface area (Å²) in [5, 5.41) is 6.80. The molecule has 0 saturated carbocycles. The van der Waals surface area contributed by atoms with Crippen LogP contribution in [0.4, 0.5) is 0 Å². The second-order valence-corrected chi connectivity index (χ2v) is 6.13. The molecule has 1 saturated heterocycles. The number of likely N-dealkylation sites (tertiary alicyclic amines) is 1. The van der Waals surface area contributed by atoms with Crippen LogP contribution in [0.2, 0.25) is 0 Å². The minimum absolute atomic E-state index is 0.611. The minimum Gasteiger partial charge on any atom is -0.381 e. The van der Waals surface area contributed by atoms with E-state index < -0.39 is 0 Å². The quantitative estimate of drug-likeness (QED) is 0.386. The fourth-order valence-electron chi connectivity index (χ4n) is 2.68. The van der Waals surface area contributed by atoms with E-state index in [0.29, 0.717) is 12.0 Å². The highest BCUT2D eigenvalue weighted by atomic mass is 16.5. The van der Waals surface area contributed by atoms with Crippen LogP contribution >= 0.6 is 0 Å². The summed E-state index contributed by atoms with van der Waals surface area (Å²) in [6.07, 6.45) is 3.62. The van der Waals surface area contributed by atoms with E-state index in [1.165, 1.54) is 19.4 Å². The van der Waals surface area contributed by atoms with Gasteiger partial charge in [0.1, 0.15) is 0 Å². The molecule has 21 heavy (non-hydrogen) atoms. The SMILES string of the molecule is CCN1CCCC1CNC(=NC)NCCCOCC(C)C. The van der Waals surface area contributed by atoms with Crippen molar-refractivity contribution in [1.29, 1.82) is 0 Å². The van der Waals surface area contributed by atoms with Gasteiger partial charge in [-0.2, -0.15) is 0 Å². The normalized spacial score (nSPS) is 20.2. The van der Waals surface area contributed by atoms with Crippen LogP contribution in [0.15, 0.2) is 4.99 Å². The molecule has 1 aliphatic rings. The standard InChI is InChI=1S/C16H34N4O/c1-5-20-10-6-8-15(20)12-19-16(17-4)18-9-7-11-21-13-14(2)3/h14-15H,5-13H2,1-4H3,(H2,17,18,19). The van der Waals surface area contributed by atoms with Crippen LogP contribution in [0.1, 0.15) is 40.0 Å². The highest BCUT2D eigenvalue weighted by Crippen LogP contribution is 2.15. The summed E-state index contributed by atoms with van der Waals surface area (Å²) >= 11 is 0. The molecule has 124 valence electrons. The van der Waals surface area contributed by atoms with Crippen LogP contribution in [-0.2, 0) is 4.74 Å². The van der Waals surface area contributed by atoms with Gasteiger partial charge in [0.25, 0.3) is 0 Å². The van der Waals surface area contributed by atoms with Gasteiger partial charge < -0.3 is 15.4 Å². The van der Waals surface area contributed by atoms with Gasteiger partial charge in [0.05, 0.1) is 0 Å². The molecule has 0 spiro atoms. The number of likely N-dealkylation sites (N-methyl/N-ethyl adjacent to an activating group) is 1. The molecular formula is C16H34N4O. The highest BCUT2D eigenvalue weighted by molar-refractivity contribution is 5.79. The number of nitrogens with one attached hydrogen (secondary N) is 2. The predicted octanol–water partition coefficient (Wildman–Crippen LogP) is 1.70. The van der Waals surface area contributed by atoms with Crippen LogP contribution in [0.25, 0.3) is 0 Å². The molecule has 0 aromatic rings. The van der Waals surface area contributed by atoms with Crippen molar-refractivity contribution in [3.8, 4) is 0 Å². The molecule has 0 aromatic carbocycles. The Bertz CT molecular complexity index is 294. The van der Waals surface area contributed by atoms with Crippen molar-refractivity contribution in [3.63, 3.8) is 0 Å². The van der Waals surface area contributed by atoms with Crippen molar-refractivity contribution < 1.29 is 4.74 Å². The fraction of sp³-hybridized carbons (Fsp3) is 0.938. The van der Waals surface area contributed by atoms with E-state index in [1.54, 1.807) is 0 Å². The van der Waals surface area contributed by atoms with Gasteiger partial charge in [-0.05, 0) is 38.3 Å². The zero-order valence-corrected chi connectivity index (χ0v) is 14.3. The van der Waals surface area contributed by atoms with Gasteiger partial charge >= 0.3 is 0 Å². The summed E-state index contributed by atoms with van der Waals surface area (Å²) in [6, 6.07) is 0.655. The van der Waals surface area contributed by atoms with Crippen molar-refractivity contribution in [1.82, 2.24) is 15.5 Å². The fourth-order valence-corrected chi connectivity index (χ4v) is 2.68. The first kappa shape index (κ1) is 18.2. The Hall–Kier alpha value is -0.810. The Morgan fingerprint density at radius 2 is 2.19 bits per heavy atom. The summed E-state index contributed by atoms with van der Waals surface area (Å²) in [7, 11) is 1.83. The summed E-state index contributed by atoms with van der Waals surface area (Å²) in [4.78, 5) is 6.82. The lowest BCUT2D eigenvalue weighted by molar-refractivity contribution is 0.108. The zero-order valence-electron chi connectivity index (χ0n) is 14.3. The second-order valence-electron chi connectivity index (χ2n) is 6.13. The Labute approximate surface area is 130 Å². The topological polar surface area (TPSA) is 48.9 Å². The number of aliphatic imine (C=N–C) groups is 1. The van der Waals surface area contributed by atoms with Gasteiger partial charge in [-0.25, -0.2) is 0 Å². The van der Waals surface area contributed by atoms with Gasteiger partial charge in [0, 0.05) is 39.4 Å². The molecule has 5 nitrogen and oxygen atoms in total. The zero-order chi connectivity index (χ0) is 15.5. The van der Waals surface area contributed by atoms with E-state index in [9.17, 15) is 0 Å². The maximum Gasteiger partial charge on any atom is 0.191 e. The molecule has 0 amide bonds. The van der Waals surface area contributed by atoms with Crippen LogP contribution in [0.5, 0.6) is 0 Å². The minimum atomic E-state index is 0.611. The van der Waals surface area contributed by atoms with Crippen molar-refractivity contribution in [2.75, 3.05) is 46.4 Å². The van der Waals surface area contributed by atoms with Crippen molar-refractivity contribution in [2.24, 2.45) is 10.9 Å². The summed E-state index contributed by atoms with van der Waals surface area (Å²) in [5.41, 5.74) is 0. The molecule has 0 bridgehead atoms. The van der Waals surface area contributed by atoms with E-state index in [2.05, 4.69) is 41.3 Å². The van der Waals surface area contributed by atoms with E-state index in [4.69, 9.17) is 4.74 Å². The first-order valence-electron chi connectivity index (χ1n) is 8.43. The number of ether oxygens (including phenoxy) is 1. The summed E-state index contributed by atoms with van der Waals surface area (Å²) in [5.74, 6) is 1.52.